The molecule has 0 bridgehead atoms. The summed E-state index contributed by atoms with van der Waals surface area (Å²) < 4.78 is 7.77. The van der Waals surface area contributed by atoms with Crippen molar-refractivity contribution in [1.82, 2.24) is 4.57 Å². The summed E-state index contributed by atoms with van der Waals surface area (Å²) in [7, 11) is 0. The zero-order chi connectivity index (χ0) is 13.8. The molecule has 0 aliphatic carbocycles. The van der Waals surface area contributed by atoms with E-state index in [4.69, 9.17) is 10.00 Å². The predicted molar refractivity (Wildman–Crippen MR) is 77.9 cm³/mol. The van der Waals surface area contributed by atoms with E-state index >= 15 is 0 Å². The molecule has 0 aliphatic heterocycles. The van der Waals surface area contributed by atoms with Crippen LogP contribution in [-0.4, -0.2) is 4.57 Å². The number of fused-ring (bicyclic) bond motifs is 1. The number of hydrogen-bond acceptors (Lipinski definition) is 2. The second-order valence-electron chi connectivity index (χ2n) is 4.63. The van der Waals surface area contributed by atoms with Gasteiger partial charge in [0.2, 0.25) is 0 Å². The quantitative estimate of drug-likeness (QED) is 0.719. The number of hydrogen-bond donors (Lipinski definition) is 0. The van der Waals surface area contributed by atoms with Crippen LogP contribution in [-0.2, 0) is 18.1 Å². The van der Waals surface area contributed by atoms with E-state index in [-0.39, 0.29) is 0 Å². The molecule has 1 heterocycles. The lowest BCUT2D eigenvalue weighted by molar-refractivity contribution is 0.0668. The molecule has 0 saturated carbocycles. The first-order chi connectivity index (χ1) is 9.86. The van der Waals surface area contributed by atoms with Crippen molar-refractivity contribution < 1.29 is 4.74 Å². The highest BCUT2D eigenvalue weighted by Crippen LogP contribution is 2.17. The molecule has 2 aromatic carbocycles. The zero-order valence-corrected chi connectivity index (χ0v) is 11.0. The fourth-order valence-corrected chi connectivity index (χ4v) is 2.22. The minimum absolute atomic E-state index is 0.504. The number of ether oxygens (including phenoxy) is 1. The summed E-state index contributed by atoms with van der Waals surface area (Å²) in [5.41, 5.74) is 2.92. The van der Waals surface area contributed by atoms with Crippen LogP contribution in [0.3, 0.4) is 0 Å². The summed E-state index contributed by atoms with van der Waals surface area (Å²) in [6.45, 7) is 1.10. The van der Waals surface area contributed by atoms with Crippen LogP contribution in [0.1, 0.15) is 11.1 Å². The fourth-order valence-electron chi connectivity index (χ4n) is 2.22. The van der Waals surface area contributed by atoms with Gasteiger partial charge in [0, 0.05) is 11.6 Å². The van der Waals surface area contributed by atoms with Gasteiger partial charge in [0.25, 0.3) is 0 Å². The van der Waals surface area contributed by atoms with Gasteiger partial charge in [-0.3, -0.25) is 0 Å². The first-order valence-electron chi connectivity index (χ1n) is 6.47. The molecule has 0 unspecified atom stereocenters. The molecule has 0 radical (unpaired) electrons. The van der Waals surface area contributed by atoms with Crippen LogP contribution in [0.5, 0.6) is 0 Å². The average molecular weight is 262 g/mol. The summed E-state index contributed by atoms with van der Waals surface area (Å²) in [5.74, 6) is 0. The second-order valence-corrected chi connectivity index (χ2v) is 4.63. The maximum Gasteiger partial charge on any atom is 0.123 e. The molecule has 0 aliphatic rings. The molecule has 20 heavy (non-hydrogen) atoms. The molecule has 0 saturated heterocycles. The lowest BCUT2D eigenvalue weighted by atomic mass is 10.2. The van der Waals surface area contributed by atoms with Crippen molar-refractivity contribution >= 4 is 10.9 Å². The minimum Gasteiger partial charge on any atom is -0.356 e. The van der Waals surface area contributed by atoms with Crippen LogP contribution in [0.25, 0.3) is 10.9 Å². The van der Waals surface area contributed by atoms with Crippen LogP contribution < -0.4 is 0 Å². The highest BCUT2D eigenvalue weighted by molar-refractivity contribution is 5.81. The van der Waals surface area contributed by atoms with E-state index in [2.05, 4.69) is 6.07 Å². The third kappa shape index (κ3) is 2.56. The first-order valence-corrected chi connectivity index (χ1v) is 6.47. The van der Waals surface area contributed by atoms with E-state index in [1.165, 1.54) is 0 Å². The number of aromatic nitrogens is 1. The molecular formula is C17H14N2O. The number of benzene rings is 2. The normalized spacial score (nSPS) is 10.6. The van der Waals surface area contributed by atoms with Gasteiger partial charge in [0.15, 0.2) is 0 Å². The summed E-state index contributed by atoms with van der Waals surface area (Å²) in [6.07, 6.45) is 1.98. The Morgan fingerprint density at radius 2 is 1.90 bits per heavy atom. The summed E-state index contributed by atoms with van der Waals surface area (Å²) in [4.78, 5) is 0. The Kier molecular flexibility index (Phi) is 3.49. The van der Waals surface area contributed by atoms with Gasteiger partial charge in [-0.25, -0.2) is 0 Å². The monoisotopic (exact) mass is 262 g/mol. The molecule has 3 rings (SSSR count). The van der Waals surface area contributed by atoms with Crippen LogP contribution in [0, 0.1) is 11.3 Å². The minimum atomic E-state index is 0.504. The van der Waals surface area contributed by atoms with Crippen molar-refractivity contribution in [2.75, 3.05) is 0 Å². The molecule has 1 aromatic heterocycles. The van der Waals surface area contributed by atoms with E-state index in [0.717, 1.165) is 16.5 Å². The number of nitrogens with zero attached hydrogens (tertiary/aromatic N) is 2. The molecule has 0 amide bonds. The second kappa shape index (κ2) is 5.60. The third-order valence-corrected chi connectivity index (χ3v) is 3.24. The van der Waals surface area contributed by atoms with Crippen LogP contribution in [0.15, 0.2) is 60.8 Å². The van der Waals surface area contributed by atoms with Crippen molar-refractivity contribution in [2.24, 2.45) is 0 Å². The Bertz CT molecular complexity index is 754. The van der Waals surface area contributed by atoms with Gasteiger partial charge in [-0.1, -0.05) is 30.3 Å². The van der Waals surface area contributed by atoms with Crippen molar-refractivity contribution in [3.05, 3.63) is 71.9 Å². The zero-order valence-electron chi connectivity index (χ0n) is 11.0. The number of nitriles is 1. The SMILES string of the molecule is N#Cc1ccc2c(ccn2COCc2ccccc2)c1. The Morgan fingerprint density at radius 1 is 1.05 bits per heavy atom. The van der Waals surface area contributed by atoms with E-state index < -0.39 is 0 Å². The summed E-state index contributed by atoms with van der Waals surface area (Å²) >= 11 is 0. The van der Waals surface area contributed by atoms with E-state index in [9.17, 15) is 0 Å². The van der Waals surface area contributed by atoms with Gasteiger partial charge in [0.1, 0.15) is 6.73 Å². The molecule has 0 N–H and O–H groups in total. The van der Waals surface area contributed by atoms with Crippen LogP contribution in [0.2, 0.25) is 0 Å². The molecular weight excluding hydrogens is 248 g/mol. The van der Waals surface area contributed by atoms with Crippen molar-refractivity contribution in [1.29, 1.82) is 5.26 Å². The van der Waals surface area contributed by atoms with Crippen LogP contribution in [0.4, 0.5) is 0 Å². The molecule has 3 heteroatoms. The lowest BCUT2D eigenvalue weighted by Gasteiger charge is -2.07. The molecule has 0 atom stereocenters. The first kappa shape index (κ1) is 12.5. The predicted octanol–water partition coefficient (Wildman–Crippen LogP) is 3.69. The van der Waals surface area contributed by atoms with E-state index in [0.29, 0.717) is 18.9 Å². The smallest absolute Gasteiger partial charge is 0.123 e. The highest BCUT2D eigenvalue weighted by atomic mass is 16.5. The third-order valence-electron chi connectivity index (χ3n) is 3.24. The van der Waals surface area contributed by atoms with Crippen LogP contribution >= 0.6 is 0 Å². The highest BCUT2D eigenvalue weighted by Gasteiger charge is 2.02. The summed E-state index contributed by atoms with van der Waals surface area (Å²) in [6, 6.07) is 19.9. The standard InChI is InChI=1S/C17H14N2O/c18-11-15-6-7-17-16(10-15)8-9-19(17)13-20-12-14-4-2-1-3-5-14/h1-10H,12-13H2. The van der Waals surface area contributed by atoms with Crippen molar-refractivity contribution in [3.63, 3.8) is 0 Å². The van der Waals surface area contributed by atoms with Gasteiger partial charge in [-0.2, -0.15) is 5.26 Å². The van der Waals surface area contributed by atoms with Gasteiger partial charge >= 0.3 is 0 Å². The van der Waals surface area contributed by atoms with Gasteiger partial charge < -0.3 is 9.30 Å². The van der Waals surface area contributed by atoms with Gasteiger partial charge in [-0.05, 0) is 29.8 Å². The molecule has 0 fully saturated rings. The van der Waals surface area contributed by atoms with Crippen molar-refractivity contribution in [3.8, 4) is 6.07 Å². The Labute approximate surface area is 117 Å². The van der Waals surface area contributed by atoms with E-state index in [1.54, 1.807) is 0 Å². The molecule has 0 spiro atoms. The Hall–Kier alpha value is -2.57. The average Bonchev–Trinajstić information content (AvgIpc) is 2.91. The summed E-state index contributed by atoms with van der Waals surface area (Å²) in [5, 5.41) is 9.95. The maximum atomic E-state index is 8.89. The molecule has 3 aromatic rings. The lowest BCUT2D eigenvalue weighted by Crippen LogP contribution is -2.01. The maximum absolute atomic E-state index is 8.89. The topological polar surface area (TPSA) is 38.0 Å². The largest absolute Gasteiger partial charge is 0.356 e. The molecule has 98 valence electrons. The Balaban J connectivity index is 1.71. The van der Waals surface area contributed by atoms with Gasteiger partial charge in [0.05, 0.1) is 23.8 Å². The van der Waals surface area contributed by atoms with E-state index in [1.807, 2.05) is 65.4 Å². The number of rotatable bonds is 4. The fraction of sp³-hybridized carbons (Fsp3) is 0.118. The Morgan fingerprint density at radius 3 is 2.70 bits per heavy atom. The molecule has 3 nitrogen and oxygen atoms in total. The van der Waals surface area contributed by atoms with Crippen molar-refractivity contribution in [2.45, 2.75) is 13.3 Å². The van der Waals surface area contributed by atoms with Gasteiger partial charge in [-0.15, -0.1) is 0 Å².